The van der Waals surface area contributed by atoms with Crippen molar-refractivity contribution in [2.45, 2.75) is 46.1 Å². The zero-order chi connectivity index (χ0) is 13.7. The minimum atomic E-state index is 0.382. The third kappa shape index (κ3) is 3.94. The molecule has 0 aliphatic heterocycles. The zero-order valence-corrected chi connectivity index (χ0v) is 11.9. The molecule has 2 N–H and O–H groups in total. The van der Waals surface area contributed by atoms with Crippen molar-refractivity contribution in [1.29, 1.82) is 0 Å². The van der Waals surface area contributed by atoms with Crippen LogP contribution in [0.3, 0.4) is 0 Å². The molecule has 0 saturated heterocycles. The normalized spacial score (nSPS) is 21.0. The number of aromatic nitrogens is 3. The Morgan fingerprint density at radius 1 is 1.16 bits per heavy atom. The highest BCUT2D eigenvalue weighted by Gasteiger charge is 2.35. The molecule has 6 heteroatoms. The standard InChI is InChI=1S/C13H23N5O/c1-4-7-14-11-16-12(15-10-8-9(10)5-2)18-13(17-11)19-6-3/h9-10H,4-8H2,1-3H3,(H2,14,15,16,17,18). The SMILES string of the molecule is CCCNc1nc(NC2CC2CC)nc(OCC)n1. The highest BCUT2D eigenvalue weighted by molar-refractivity contribution is 5.38. The Morgan fingerprint density at radius 2 is 1.95 bits per heavy atom. The lowest BCUT2D eigenvalue weighted by Gasteiger charge is -2.09. The molecule has 1 heterocycles. The second-order valence-electron chi connectivity index (χ2n) is 4.78. The maximum Gasteiger partial charge on any atom is 0.323 e. The van der Waals surface area contributed by atoms with Gasteiger partial charge < -0.3 is 15.4 Å². The van der Waals surface area contributed by atoms with Crippen LogP contribution in [0.15, 0.2) is 0 Å². The van der Waals surface area contributed by atoms with E-state index in [1.54, 1.807) is 0 Å². The molecule has 1 aromatic rings. The molecule has 1 saturated carbocycles. The molecule has 0 aromatic carbocycles. The highest BCUT2D eigenvalue weighted by atomic mass is 16.5. The van der Waals surface area contributed by atoms with Crippen molar-refractivity contribution in [3.05, 3.63) is 0 Å². The fraction of sp³-hybridized carbons (Fsp3) is 0.769. The first kappa shape index (κ1) is 13.8. The van der Waals surface area contributed by atoms with E-state index in [1.807, 2.05) is 6.92 Å². The Labute approximate surface area is 114 Å². The van der Waals surface area contributed by atoms with Crippen LogP contribution >= 0.6 is 0 Å². The van der Waals surface area contributed by atoms with Crippen LogP contribution in [-0.4, -0.2) is 34.1 Å². The molecule has 0 amide bonds. The Hall–Kier alpha value is -1.59. The fourth-order valence-electron chi connectivity index (χ4n) is 1.97. The molecule has 0 radical (unpaired) electrons. The number of rotatable bonds is 8. The zero-order valence-electron chi connectivity index (χ0n) is 11.9. The summed E-state index contributed by atoms with van der Waals surface area (Å²) in [6.07, 6.45) is 3.42. The summed E-state index contributed by atoms with van der Waals surface area (Å²) in [5, 5.41) is 6.52. The van der Waals surface area contributed by atoms with E-state index in [4.69, 9.17) is 4.74 Å². The lowest BCUT2D eigenvalue weighted by atomic mass is 10.3. The Morgan fingerprint density at radius 3 is 2.58 bits per heavy atom. The summed E-state index contributed by atoms with van der Waals surface area (Å²) >= 11 is 0. The third-order valence-corrected chi connectivity index (χ3v) is 3.18. The topological polar surface area (TPSA) is 72.0 Å². The van der Waals surface area contributed by atoms with E-state index in [9.17, 15) is 0 Å². The van der Waals surface area contributed by atoms with E-state index in [0.717, 1.165) is 18.9 Å². The highest BCUT2D eigenvalue weighted by Crippen LogP contribution is 2.35. The maximum absolute atomic E-state index is 5.38. The summed E-state index contributed by atoms with van der Waals surface area (Å²) in [6.45, 7) is 7.63. The van der Waals surface area contributed by atoms with E-state index in [0.29, 0.717) is 30.6 Å². The largest absolute Gasteiger partial charge is 0.464 e. The summed E-state index contributed by atoms with van der Waals surface area (Å²) in [7, 11) is 0. The molecule has 2 atom stereocenters. The predicted octanol–water partition coefficient (Wildman–Crippen LogP) is 2.30. The molecule has 6 nitrogen and oxygen atoms in total. The number of hydrogen-bond acceptors (Lipinski definition) is 6. The van der Waals surface area contributed by atoms with Gasteiger partial charge in [-0.3, -0.25) is 0 Å². The van der Waals surface area contributed by atoms with Crippen LogP contribution in [0.1, 0.15) is 40.0 Å². The van der Waals surface area contributed by atoms with Gasteiger partial charge in [0.2, 0.25) is 11.9 Å². The smallest absolute Gasteiger partial charge is 0.323 e. The molecule has 2 rings (SSSR count). The maximum atomic E-state index is 5.38. The fourth-order valence-corrected chi connectivity index (χ4v) is 1.97. The van der Waals surface area contributed by atoms with Gasteiger partial charge in [-0.05, 0) is 25.7 Å². The first-order valence-corrected chi connectivity index (χ1v) is 7.16. The number of nitrogens with zero attached hydrogens (tertiary/aromatic N) is 3. The van der Waals surface area contributed by atoms with Crippen LogP contribution in [-0.2, 0) is 0 Å². The number of anilines is 2. The Bertz CT molecular complexity index is 412. The summed E-state index contributed by atoms with van der Waals surface area (Å²) in [4.78, 5) is 12.9. The quantitative estimate of drug-likeness (QED) is 0.751. The third-order valence-electron chi connectivity index (χ3n) is 3.18. The van der Waals surface area contributed by atoms with Gasteiger partial charge in [-0.2, -0.15) is 15.0 Å². The molecule has 1 aliphatic carbocycles. The molecular weight excluding hydrogens is 242 g/mol. The van der Waals surface area contributed by atoms with Gasteiger partial charge in [0.05, 0.1) is 6.61 Å². The molecule has 1 aliphatic rings. The summed E-state index contributed by atoms with van der Waals surface area (Å²) in [5.74, 6) is 1.94. The van der Waals surface area contributed by atoms with Gasteiger partial charge in [-0.15, -0.1) is 0 Å². The monoisotopic (exact) mass is 265 g/mol. The number of nitrogens with one attached hydrogen (secondary N) is 2. The first-order chi connectivity index (χ1) is 9.26. The van der Waals surface area contributed by atoms with Crippen molar-refractivity contribution < 1.29 is 4.74 Å². The van der Waals surface area contributed by atoms with Crippen molar-refractivity contribution in [3.8, 4) is 6.01 Å². The van der Waals surface area contributed by atoms with Crippen LogP contribution in [0, 0.1) is 5.92 Å². The molecule has 19 heavy (non-hydrogen) atoms. The minimum absolute atomic E-state index is 0.382. The van der Waals surface area contributed by atoms with Crippen molar-refractivity contribution in [1.82, 2.24) is 15.0 Å². The van der Waals surface area contributed by atoms with Crippen LogP contribution in [0.25, 0.3) is 0 Å². The predicted molar refractivity (Wildman–Crippen MR) is 75.6 cm³/mol. The lowest BCUT2D eigenvalue weighted by molar-refractivity contribution is 0.312. The molecule has 1 fully saturated rings. The van der Waals surface area contributed by atoms with Gasteiger partial charge >= 0.3 is 6.01 Å². The average molecular weight is 265 g/mol. The van der Waals surface area contributed by atoms with E-state index in [-0.39, 0.29) is 0 Å². The molecule has 2 unspecified atom stereocenters. The van der Waals surface area contributed by atoms with Gasteiger partial charge in [0.15, 0.2) is 0 Å². The van der Waals surface area contributed by atoms with Crippen molar-refractivity contribution >= 4 is 11.9 Å². The van der Waals surface area contributed by atoms with E-state index in [2.05, 4.69) is 39.4 Å². The van der Waals surface area contributed by atoms with Gasteiger partial charge in [0.1, 0.15) is 0 Å². The minimum Gasteiger partial charge on any atom is -0.464 e. The number of hydrogen-bond donors (Lipinski definition) is 2. The molecule has 0 bridgehead atoms. The van der Waals surface area contributed by atoms with Crippen LogP contribution < -0.4 is 15.4 Å². The number of ether oxygens (including phenoxy) is 1. The summed E-state index contributed by atoms with van der Waals surface area (Å²) < 4.78 is 5.38. The van der Waals surface area contributed by atoms with Crippen LogP contribution in [0.5, 0.6) is 6.01 Å². The first-order valence-electron chi connectivity index (χ1n) is 7.16. The lowest BCUT2D eigenvalue weighted by Crippen LogP contribution is -2.13. The average Bonchev–Trinajstić information content (AvgIpc) is 3.15. The van der Waals surface area contributed by atoms with Gasteiger partial charge in [0.25, 0.3) is 0 Å². The van der Waals surface area contributed by atoms with Crippen molar-refractivity contribution in [3.63, 3.8) is 0 Å². The van der Waals surface area contributed by atoms with E-state index >= 15 is 0 Å². The molecule has 1 aromatic heterocycles. The van der Waals surface area contributed by atoms with Crippen LogP contribution in [0.4, 0.5) is 11.9 Å². The van der Waals surface area contributed by atoms with Gasteiger partial charge in [-0.1, -0.05) is 20.3 Å². The van der Waals surface area contributed by atoms with Crippen molar-refractivity contribution in [2.24, 2.45) is 5.92 Å². The second-order valence-corrected chi connectivity index (χ2v) is 4.78. The van der Waals surface area contributed by atoms with Gasteiger partial charge in [-0.25, -0.2) is 0 Å². The van der Waals surface area contributed by atoms with Crippen LogP contribution in [0.2, 0.25) is 0 Å². The Balaban J connectivity index is 2.05. The molecular formula is C13H23N5O. The van der Waals surface area contributed by atoms with E-state index < -0.39 is 0 Å². The second kappa shape index (κ2) is 6.54. The Kier molecular flexibility index (Phi) is 4.76. The summed E-state index contributed by atoms with van der Waals surface area (Å²) in [6, 6.07) is 0.883. The van der Waals surface area contributed by atoms with Gasteiger partial charge in [0, 0.05) is 12.6 Å². The molecule has 0 spiro atoms. The van der Waals surface area contributed by atoms with E-state index in [1.165, 1.54) is 12.8 Å². The van der Waals surface area contributed by atoms with Crippen molar-refractivity contribution in [2.75, 3.05) is 23.8 Å². The molecule has 106 valence electrons. The summed E-state index contributed by atoms with van der Waals surface area (Å²) in [5.41, 5.74) is 0.